The second-order valence-corrected chi connectivity index (χ2v) is 6.45. The maximum Gasteiger partial charge on any atom is -0.00161 e. The molecule has 1 aliphatic rings. The highest BCUT2D eigenvalue weighted by Crippen LogP contribution is 2.21. The molecule has 1 fully saturated rings. The van der Waals surface area contributed by atoms with Gasteiger partial charge >= 0.3 is 0 Å². The summed E-state index contributed by atoms with van der Waals surface area (Å²) in [4.78, 5) is 2.68. The normalized spacial score (nSPS) is 19.8. The van der Waals surface area contributed by atoms with Crippen LogP contribution in [-0.4, -0.2) is 24.5 Å². The summed E-state index contributed by atoms with van der Waals surface area (Å²) in [6.07, 6.45) is 10.6. The molecule has 1 saturated heterocycles. The number of nitrogens with zero attached hydrogens (tertiary/aromatic N) is 1. The molecule has 0 aromatic heterocycles. The van der Waals surface area contributed by atoms with Gasteiger partial charge in [0.1, 0.15) is 0 Å². The van der Waals surface area contributed by atoms with Crippen LogP contribution in [0.2, 0.25) is 0 Å². The summed E-state index contributed by atoms with van der Waals surface area (Å²) in [6, 6.07) is 0. The highest BCUT2D eigenvalue weighted by Gasteiger charge is 2.17. The van der Waals surface area contributed by atoms with Crippen molar-refractivity contribution < 1.29 is 0 Å². The third kappa shape index (κ3) is 6.58. The molecule has 0 N–H and O–H groups in total. The average Bonchev–Trinajstić information content (AvgIpc) is 2.36. The van der Waals surface area contributed by atoms with Gasteiger partial charge in [-0.15, -0.1) is 0 Å². The summed E-state index contributed by atoms with van der Waals surface area (Å²) >= 11 is 0. The van der Waals surface area contributed by atoms with Crippen LogP contribution in [-0.2, 0) is 0 Å². The van der Waals surface area contributed by atoms with Gasteiger partial charge in [-0.3, -0.25) is 0 Å². The van der Waals surface area contributed by atoms with Crippen LogP contribution >= 0.6 is 0 Å². The van der Waals surface area contributed by atoms with Gasteiger partial charge in [0.05, 0.1) is 0 Å². The average molecular weight is 251 g/mol. The summed E-state index contributed by atoms with van der Waals surface area (Å²) in [6.45, 7) is 13.2. The van der Waals surface area contributed by atoms with Crippen molar-refractivity contribution in [2.24, 2.45) is 11.8 Å². The van der Waals surface area contributed by atoms with Crippen LogP contribution in [0.15, 0.2) is 11.6 Å². The van der Waals surface area contributed by atoms with Crippen LogP contribution in [0.4, 0.5) is 0 Å². The van der Waals surface area contributed by atoms with E-state index in [2.05, 4.69) is 38.7 Å². The van der Waals surface area contributed by atoms with Crippen molar-refractivity contribution in [3.8, 4) is 0 Å². The molecule has 0 unspecified atom stereocenters. The molecule has 1 nitrogen and oxygen atoms in total. The van der Waals surface area contributed by atoms with Crippen LogP contribution in [0, 0.1) is 11.8 Å². The Morgan fingerprint density at radius 3 is 2.44 bits per heavy atom. The number of allylic oxidation sites excluding steroid dienone is 2. The number of hydrogen-bond acceptors (Lipinski definition) is 1. The molecule has 0 aromatic carbocycles. The molecule has 0 aromatic rings. The van der Waals surface area contributed by atoms with Crippen molar-refractivity contribution in [1.82, 2.24) is 4.90 Å². The lowest BCUT2D eigenvalue weighted by molar-refractivity contribution is 0.172. The smallest absolute Gasteiger partial charge is 0.00161 e. The summed E-state index contributed by atoms with van der Waals surface area (Å²) < 4.78 is 0. The van der Waals surface area contributed by atoms with Crippen molar-refractivity contribution in [1.29, 1.82) is 0 Å². The Kier molecular flexibility index (Phi) is 7.65. The van der Waals surface area contributed by atoms with E-state index in [4.69, 9.17) is 0 Å². The Labute approximate surface area is 115 Å². The van der Waals surface area contributed by atoms with Crippen molar-refractivity contribution in [3.05, 3.63) is 11.6 Å². The van der Waals surface area contributed by atoms with Gasteiger partial charge in [0.15, 0.2) is 0 Å². The molecule has 1 atom stereocenters. The van der Waals surface area contributed by atoms with Gasteiger partial charge in [-0.1, -0.05) is 31.9 Å². The Morgan fingerprint density at radius 2 is 1.89 bits per heavy atom. The lowest BCUT2D eigenvalue weighted by Gasteiger charge is -2.32. The van der Waals surface area contributed by atoms with Crippen LogP contribution in [0.25, 0.3) is 0 Å². The monoisotopic (exact) mass is 251 g/mol. The number of likely N-dealkylation sites (tertiary alicyclic amines) is 1. The number of rotatable bonds is 7. The molecule has 1 aliphatic heterocycles. The van der Waals surface area contributed by atoms with E-state index in [9.17, 15) is 0 Å². The second kappa shape index (κ2) is 8.74. The van der Waals surface area contributed by atoms with E-state index in [0.29, 0.717) is 0 Å². The topological polar surface area (TPSA) is 3.24 Å². The van der Waals surface area contributed by atoms with Crippen molar-refractivity contribution in [3.63, 3.8) is 0 Å². The van der Waals surface area contributed by atoms with Crippen LogP contribution < -0.4 is 0 Å². The van der Waals surface area contributed by atoms with E-state index in [1.165, 1.54) is 63.7 Å². The first-order chi connectivity index (χ1) is 8.61. The van der Waals surface area contributed by atoms with E-state index >= 15 is 0 Å². The van der Waals surface area contributed by atoms with Gasteiger partial charge in [0.2, 0.25) is 0 Å². The van der Waals surface area contributed by atoms with E-state index in [0.717, 1.165) is 11.8 Å². The molecule has 0 radical (unpaired) electrons. The van der Waals surface area contributed by atoms with Gasteiger partial charge in [-0.2, -0.15) is 0 Å². The Morgan fingerprint density at radius 1 is 1.22 bits per heavy atom. The first kappa shape index (κ1) is 15.8. The van der Waals surface area contributed by atoms with Crippen LogP contribution in [0.1, 0.15) is 66.2 Å². The zero-order valence-corrected chi connectivity index (χ0v) is 13.0. The first-order valence-corrected chi connectivity index (χ1v) is 7.97. The molecule has 0 aliphatic carbocycles. The SMILES string of the molecule is CCC1CCN(CC[C@@H](C)CCC=C(C)C)CC1. The van der Waals surface area contributed by atoms with Gasteiger partial charge < -0.3 is 4.90 Å². The number of piperidine rings is 1. The van der Waals surface area contributed by atoms with Crippen molar-refractivity contribution >= 4 is 0 Å². The predicted octanol–water partition coefficient (Wildman–Crippen LogP) is 4.88. The standard InChI is InChI=1S/C17H33N/c1-5-17-10-13-18(14-11-17)12-9-16(4)8-6-7-15(2)3/h7,16-17H,5-6,8-14H2,1-4H3/t16-/m0/s1. The fourth-order valence-electron chi connectivity index (χ4n) is 2.82. The Hall–Kier alpha value is -0.300. The summed E-state index contributed by atoms with van der Waals surface area (Å²) in [5, 5.41) is 0. The lowest BCUT2D eigenvalue weighted by atomic mass is 9.93. The van der Waals surface area contributed by atoms with Gasteiger partial charge in [-0.25, -0.2) is 0 Å². The molecular weight excluding hydrogens is 218 g/mol. The molecule has 1 heteroatoms. The van der Waals surface area contributed by atoms with Crippen LogP contribution in [0.3, 0.4) is 0 Å². The Bertz CT molecular complexity index is 232. The molecular formula is C17H33N. The Balaban J connectivity index is 2.08. The zero-order chi connectivity index (χ0) is 13.4. The minimum Gasteiger partial charge on any atom is -0.303 e. The summed E-state index contributed by atoms with van der Waals surface area (Å²) in [7, 11) is 0. The molecule has 1 rings (SSSR count). The molecule has 0 amide bonds. The van der Waals surface area contributed by atoms with Crippen molar-refractivity contribution in [2.75, 3.05) is 19.6 Å². The predicted molar refractivity (Wildman–Crippen MR) is 81.9 cm³/mol. The highest BCUT2D eigenvalue weighted by molar-refractivity contribution is 4.92. The van der Waals surface area contributed by atoms with E-state index in [1.807, 2.05) is 0 Å². The van der Waals surface area contributed by atoms with E-state index in [-0.39, 0.29) is 0 Å². The fourth-order valence-corrected chi connectivity index (χ4v) is 2.82. The lowest BCUT2D eigenvalue weighted by Crippen LogP contribution is -2.34. The van der Waals surface area contributed by atoms with Gasteiger partial charge in [0.25, 0.3) is 0 Å². The molecule has 0 spiro atoms. The minimum atomic E-state index is 0.879. The third-order valence-corrected chi connectivity index (χ3v) is 4.43. The zero-order valence-electron chi connectivity index (χ0n) is 13.0. The quantitative estimate of drug-likeness (QED) is 0.583. The second-order valence-electron chi connectivity index (χ2n) is 6.45. The van der Waals surface area contributed by atoms with Crippen molar-refractivity contribution in [2.45, 2.75) is 66.2 Å². The highest BCUT2D eigenvalue weighted by atomic mass is 15.1. The molecule has 18 heavy (non-hydrogen) atoms. The largest absolute Gasteiger partial charge is 0.303 e. The van der Waals surface area contributed by atoms with Gasteiger partial charge in [-0.05, 0) is 77.4 Å². The summed E-state index contributed by atoms with van der Waals surface area (Å²) in [5.41, 5.74) is 1.46. The molecule has 106 valence electrons. The first-order valence-electron chi connectivity index (χ1n) is 7.97. The molecule has 0 saturated carbocycles. The van der Waals surface area contributed by atoms with E-state index < -0.39 is 0 Å². The summed E-state index contributed by atoms with van der Waals surface area (Å²) in [5.74, 6) is 1.89. The third-order valence-electron chi connectivity index (χ3n) is 4.43. The molecule has 1 heterocycles. The number of hydrogen-bond donors (Lipinski definition) is 0. The van der Waals surface area contributed by atoms with Crippen LogP contribution in [0.5, 0.6) is 0 Å². The maximum atomic E-state index is 2.68. The van der Waals surface area contributed by atoms with Gasteiger partial charge in [0, 0.05) is 0 Å². The van der Waals surface area contributed by atoms with E-state index in [1.54, 1.807) is 0 Å². The fraction of sp³-hybridized carbons (Fsp3) is 0.882. The maximum absolute atomic E-state index is 2.68. The molecule has 0 bridgehead atoms. The minimum absolute atomic E-state index is 0.879.